The molecule has 1 aromatic rings. The Morgan fingerprint density at radius 1 is 1.23 bits per heavy atom. The molecule has 214 valence electrons. The molecule has 0 radical (unpaired) electrons. The highest BCUT2D eigenvalue weighted by Gasteiger charge is 2.49. The summed E-state index contributed by atoms with van der Waals surface area (Å²) in [4.78, 5) is 6.96. The maximum Gasteiger partial charge on any atom is 0.131 e. The van der Waals surface area contributed by atoms with E-state index in [4.69, 9.17) is 5.26 Å². The molecule has 1 saturated heterocycles. The van der Waals surface area contributed by atoms with Crippen LogP contribution < -0.4 is 5.32 Å². The molecule has 1 saturated carbocycles. The number of hydrogen-bond acceptors (Lipinski definition) is 4. The van der Waals surface area contributed by atoms with Crippen molar-refractivity contribution in [2.45, 2.75) is 79.2 Å². The minimum atomic E-state index is -0.209. The van der Waals surface area contributed by atoms with Crippen molar-refractivity contribution in [1.82, 2.24) is 10.2 Å². The van der Waals surface area contributed by atoms with Gasteiger partial charge in [0, 0.05) is 48.4 Å². The lowest BCUT2D eigenvalue weighted by atomic mass is 9.91. The summed E-state index contributed by atoms with van der Waals surface area (Å²) in [6.45, 7) is 19.1. The van der Waals surface area contributed by atoms with Gasteiger partial charge in [0.2, 0.25) is 0 Å². The maximum absolute atomic E-state index is 14.6. The van der Waals surface area contributed by atoms with Gasteiger partial charge in [-0.05, 0) is 77.2 Å². The van der Waals surface area contributed by atoms with Crippen molar-refractivity contribution in [2.24, 2.45) is 4.99 Å². The van der Waals surface area contributed by atoms with E-state index in [2.05, 4.69) is 55.6 Å². The second-order valence-electron chi connectivity index (χ2n) is 10.4. The van der Waals surface area contributed by atoms with E-state index in [-0.39, 0.29) is 11.4 Å². The van der Waals surface area contributed by atoms with Crippen LogP contribution in [0.3, 0.4) is 0 Å². The minimum Gasteiger partial charge on any atom is -0.366 e. The number of nitrogens with one attached hydrogen (secondary N) is 1. The smallest absolute Gasteiger partial charge is 0.131 e. The number of nitrogens with zero attached hydrogens (tertiary/aromatic N) is 3. The third-order valence-corrected chi connectivity index (χ3v) is 7.32. The average Bonchev–Trinajstić information content (AvgIpc) is 3.71. The van der Waals surface area contributed by atoms with E-state index in [0.29, 0.717) is 5.56 Å². The average molecular weight is 543 g/mol. The molecular formula is C35H47FN4. The number of halogens is 1. The highest BCUT2D eigenvalue weighted by Crippen LogP contribution is 2.45. The number of nitriles is 1. The molecule has 0 amide bonds. The summed E-state index contributed by atoms with van der Waals surface area (Å²) in [5, 5.41) is 12.4. The molecular weight excluding hydrogens is 495 g/mol. The van der Waals surface area contributed by atoms with Crippen LogP contribution in [-0.4, -0.2) is 35.8 Å². The van der Waals surface area contributed by atoms with Crippen LogP contribution in [0.15, 0.2) is 94.8 Å². The molecule has 1 heterocycles. The summed E-state index contributed by atoms with van der Waals surface area (Å²) in [5.74, 6) is -0.209. The molecule has 0 bridgehead atoms. The predicted molar refractivity (Wildman–Crippen MR) is 169 cm³/mol. The van der Waals surface area contributed by atoms with Crippen LogP contribution in [0, 0.1) is 17.1 Å². The van der Waals surface area contributed by atoms with E-state index in [1.807, 2.05) is 56.4 Å². The van der Waals surface area contributed by atoms with Gasteiger partial charge in [-0.3, -0.25) is 4.99 Å². The number of hydrogen-bond donors (Lipinski definition) is 1. The van der Waals surface area contributed by atoms with Gasteiger partial charge >= 0.3 is 0 Å². The van der Waals surface area contributed by atoms with Crippen LogP contribution in [0.4, 0.5) is 4.39 Å². The summed E-state index contributed by atoms with van der Waals surface area (Å²) in [7, 11) is 0. The monoisotopic (exact) mass is 542 g/mol. The highest BCUT2D eigenvalue weighted by molar-refractivity contribution is 6.12. The summed E-state index contributed by atoms with van der Waals surface area (Å²) in [6.07, 6.45) is 17.0. The van der Waals surface area contributed by atoms with Crippen molar-refractivity contribution in [3.05, 3.63) is 101 Å². The van der Waals surface area contributed by atoms with Crippen LogP contribution >= 0.6 is 0 Å². The van der Waals surface area contributed by atoms with E-state index in [1.54, 1.807) is 12.3 Å². The van der Waals surface area contributed by atoms with Gasteiger partial charge in [-0.1, -0.05) is 68.8 Å². The van der Waals surface area contributed by atoms with Crippen LogP contribution in [0.2, 0.25) is 0 Å². The standard InChI is InChI=1S/C22H28FN3.C13H19N/c1-5-18(19-9-7-8-10-20(19)23)21(16(3)25-6-2)17(4)26-14-13-24-15-22(26)11-12-22;1-4-6-7-9-13(11-14)10-12(3)8-5-2/h5-10,24H,2,11-15H2,1,3-4H3;6-7,9-10H,4-5,8H2,1-3H3/b18-5-,21-17-,25-16?;7-6+,12-10+,13-9+. The van der Waals surface area contributed by atoms with Crippen LogP contribution in [0.5, 0.6) is 0 Å². The van der Waals surface area contributed by atoms with Gasteiger partial charge in [0.05, 0.1) is 17.2 Å². The molecule has 4 nitrogen and oxygen atoms in total. The molecule has 5 heteroatoms. The third-order valence-electron chi connectivity index (χ3n) is 7.32. The summed E-state index contributed by atoms with van der Waals surface area (Å²) < 4.78 is 14.6. The molecule has 1 spiro atoms. The van der Waals surface area contributed by atoms with Crippen molar-refractivity contribution in [3.63, 3.8) is 0 Å². The zero-order valence-electron chi connectivity index (χ0n) is 25.4. The van der Waals surface area contributed by atoms with Gasteiger partial charge in [-0.15, -0.1) is 0 Å². The molecule has 0 atom stereocenters. The first kappa shape index (κ1) is 32.7. The van der Waals surface area contributed by atoms with Crippen molar-refractivity contribution >= 4 is 11.3 Å². The Hall–Kier alpha value is -3.49. The summed E-state index contributed by atoms with van der Waals surface area (Å²) >= 11 is 0. The van der Waals surface area contributed by atoms with Gasteiger partial charge in [-0.2, -0.15) is 5.26 Å². The Morgan fingerprint density at radius 3 is 2.52 bits per heavy atom. The lowest BCUT2D eigenvalue weighted by Gasteiger charge is -2.40. The zero-order valence-corrected chi connectivity index (χ0v) is 25.4. The van der Waals surface area contributed by atoms with E-state index >= 15 is 0 Å². The van der Waals surface area contributed by atoms with Crippen molar-refractivity contribution in [1.29, 1.82) is 5.26 Å². The lowest BCUT2D eigenvalue weighted by molar-refractivity contribution is 0.189. The summed E-state index contributed by atoms with van der Waals surface area (Å²) in [6, 6.07) is 9.14. The first-order chi connectivity index (χ1) is 19.3. The van der Waals surface area contributed by atoms with Gasteiger partial charge in [0.15, 0.2) is 0 Å². The molecule has 40 heavy (non-hydrogen) atoms. The molecule has 0 unspecified atom stereocenters. The Kier molecular flexibility index (Phi) is 13.6. The van der Waals surface area contributed by atoms with Gasteiger partial charge in [0.1, 0.15) is 5.82 Å². The molecule has 0 aromatic heterocycles. The van der Waals surface area contributed by atoms with Gasteiger partial charge in [0.25, 0.3) is 0 Å². The molecule has 3 rings (SSSR count). The highest BCUT2D eigenvalue weighted by atomic mass is 19.1. The van der Waals surface area contributed by atoms with Crippen LogP contribution in [-0.2, 0) is 0 Å². The first-order valence-corrected chi connectivity index (χ1v) is 14.5. The second-order valence-corrected chi connectivity index (χ2v) is 10.4. The molecule has 1 aliphatic heterocycles. The Morgan fingerprint density at radius 2 is 1.95 bits per heavy atom. The number of piperazine rings is 1. The number of benzene rings is 1. The molecule has 1 N–H and O–H groups in total. The molecule has 1 aromatic carbocycles. The number of allylic oxidation sites excluding steroid dienone is 10. The zero-order chi connectivity index (χ0) is 29.5. The SMILES string of the molecule is C=CN=C(C)C(/C(=C\C)c1ccccc1F)=C(\C)N1CCNCC12CC2.CC/C=C/C=C(C#N)\C=C(/C)CCC. The van der Waals surface area contributed by atoms with E-state index in [9.17, 15) is 4.39 Å². The van der Waals surface area contributed by atoms with Crippen LogP contribution in [0.1, 0.15) is 79.2 Å². The van der Waals surface area contributed by atoms with Crippen LogP contribution in [0.25, 0.3) is 5.57 Å². The lowest BCUT2D eigenvalue weighted by Crippen LogP contribution is -2.52. The Balaban J connectivity index is 0.000000342. The Bertz CT molecular complexity index is 1230. The Labute approximate surface area is 242 Å². The summed E-state index contributed by atoms with van der Waals surface area (Å²) in [5.41, 5.74) is 6.76. The fraction of sp³-hybridized carbons (Fsp3) is 0.429. The normalized spacial score (nSPS) is 18.2. The fourth-order valence-corrected chi connectivity index (χ4v) is 5.22. The van der Waals surface area contributed by atoms with Crippen molar-refractivity contribution < 1.29 is 4.39 Å². The largest absolute Gasteiger partial charge is 0.366 e. The van der Waals surface area contributed by atoms with Gasteiger partial charge < -0.3 is 10.2 Å². The minimum absolute atomic E-state index is 0.209. The predicted octanol–water partition coefficient (Wildman–Crippen LogP) is 8.69. The van der Waals surface area contributed by atoms with E-state index in [1.165, 1.54) is 30.2 Å². The number of aliphatic imine (C=N–C) groups is 1. The molecule has 2 fully saturated rings. The molecule has 2 aliphatic rings. The maximum atomic E-state index is 14.6. The number of rotatable bonds is 10. The second kappa shape index (κ2) is 16.6. The fourth-order valence-electron chi connectivity index (χ4n) is 5.22. The molecule has 1 aliphatic carbocycles. The first-order valence-electron chi connectivity index (χ1n) is 14.5. The van der Waals surface area contributed by atoms with Gasteiger partial charge in [-0.25, -0.2) is 4.39 Å². The van der Waals surface area contributed by atoms with Crippen molar-refractivity contribution in [3.8, 4) is 6.07 Å². The quantitative estimate of drug-likeness (QED) is 0.183. The van der Waals surface area contributed by atoms with Crippen molar-refractivity contribution in [2.75, 3.05) is 19.6 Å². The van der Waals surface area contributed by atoms with E-state index in [0.717, 1.165) is 61.3 Å². The van der Waals surface area contributed by atoms with E-state index < -0.39 is 0 Å². The third kappa shape index (κ3) is 9.03. The topological polar surface area (TPSA) is 51.4 Å².